The molecule has 4 rings (SSSR count). The largest absolute Gasteiger partial charge is 0.506 e. The van der Waals surface area contributed by atoms with Gasteiger partial charge in [0.2, 0.25) is 5.91 Å². The zero-order chi connectivity index (χ0) is 27.3. The maximum atomic E-state index is 12.8. The normalized spacial score (nSPS) is 15.5. The van der Waals surface area contributed by atoms with E-state index in [9.17, 15) is 19.8 Å². The van der Waals surface area contributed by atoms with E-state index in [4.69, 9.17) is 5.73 Å². The molecule has 0 saturated carbocycles. The van der Waals surface area contributed by atoms with Gasteiger partial charge in [-0.1, -0.05) is 54.6 Å². The lowest BCUT2D eigenvalue weighted by Gasteiger charge is -2.28. The highest BCUT2D eigenvalue weighted by Crippen LogP contribution is 2.31. The number of carbonyl (C=O) groups is 2. The Morgan fingerprint density at radius 3 is 2.61 bits per heavy atom. The van der Waals surface area contributed by atoms with Crippen molar-refractivity contribution in [2.45, 2.75) is 57.2 Å². The quantitative estimate of drug-likeness (QED) is 0.227. The van der Waals surface area contributed by atoms with Crippen LogP contribution in [-0.2, 0) is 24.1 Å². The Balaban J connectivity index is 1.31. The van der Waals surface area contributed by atoms with Crippen molar-refractivity contribution in [3.63, 3.8) is 0 Å². The van der Waals surface area contributed by atoms with Crippen LogP contribution in [0.4, 0.5) is 10.5 Å². The smallest absolute Gasteiger partial charge is 0.316 e. The van der Waals surface area contributed by atoms with Crippen LogP contribution in [0, 0.1) is 0 Å². The van der Waals surface area contributed by atoms with Crippen LogP contribution in [0.2, 0.25) is 0 Å². The van der Waals surface area contributed by atoms with Gasteiger partial charge >= 0.3 is 6.03 Å². The van der Waals surface area contributed by atoms with Crippen molar-refractivity contribution in [2.24, 2.45) is 5.73 Å². The number of fused-ring (bicyclic) bond motifs is 1. The Hall–Kier alpha value is -3.88. The van der Waals surface area contributed by atoms with Crippen LogP contribution < -0.4 is 21.7 Å². The monoisotopic (exact) mass is 516 g/mol. The summed E-state index contributed by atoms with van der Waals surface area (Å²) < 4.78 is 0. The number of aliphatic hydroxyl groups is 1. The average molecular weight is 517 g/mol. The number of primary amides is 1. The Morgan fingerprint density at radius 1 is 1.05 bits per heavy atom. The topological polar surface area (TPSA) is 137 Å². The summed E-state index contributed by atoms with van der Waals surface area (Å²) in [7, 11) is 0. The number of aryl methyl sites for hydroxylation is 1. The zero-order valence-electron chi connectivity index (χ0n) is 21.8. The Morgan fingerprint density at radius 2 is 1.82 bits per heavy atom. The van der Waals surface area contributed by atoms with Crippen molar-refractivity contribution in [1.82, 2.24) is 10.6 Å². The number of aromatic hydroxyl groups is 1. The standard InChI is InChI=1S/C30H36N4O4/c1-30(2,32-18-27(36)22-11-13-26(35)25(16-22)34-29(31)38)17-20-7-5-6-19(14-20)15-28(37)33-24-12-10-21-8-3-4-9-23(21)24/h3-9,11,13-14,16,24,27,32,35-36H,10,12,15,17-18H2,1-2H3,(H,33,37)(H3,31,34,38)/t24?,27-/m1/s1. The number of β-amino-alcohol motifs (C(OH)–C–C–N with tert-alkyl or cyclic N) is 1. The van der Waals surface area contributed by atoms with Gasteiger partial charge in [0, 0.05) is 12.1 Å². The molecule has 3 amide bonds. The second-order valence-electron chi connectivity index (χ2n) is 10.6. The summed E-state index contributed by atoms with van der Waals surface area (Å²) in [4.78, 5) is 23.9. The lowest BCUT2D eigenvalue weighted by atomic mass is 9.93. The molecule has 1 aliphatic rings. The number of rotatable bonds is 10. The predicted molar refractivity (Wildman–Crippen MR) is 148 cm³/mol. The Kier molecular flexibility index (Phi) is 8.34. The number of nitrogens with two attached hydrogens (primary N) is 1. The van der Waals surface area contributed by atoms with E-state index in [0.29, 0.717) is 18.4 Å². The molecule has 0 spiro atoms. The second-order valence-corrected chi connectivity index (χ2v) is 10.6. The molecule has 8 heteroatoms. The van der Waals surface area contributed by atoms with Crippen LogP contribution in [-0.4, -0.2) is 34.2 Å². The van der Waals surface area contributed by atoms with E-state index in [1.807, 2.05) is 44.2 Å². The molecular weight excluding hydrogens is 480 g/mol. The summed E-state index contributed by atoms with van der Waals surface area (Å²) >= 11 is 0. The summed E-state index contributed by atoms with van der Waals surface area (Å²) in [6, 6.07) is 20.1. The fourth-order valence-electron chi connectivity index (χ4n) is 5.04. The predicted octanol–water partition coefficient (Wildman–Crippen LogP) is 3.87. The molecule has 0 radical (unpaired) electrons. The molecule has 3 aromatic carbocycles. The van der Waals surface area contributed by atoms with E-state index in [1.165, 1.54) is 23.3 Å². The molecule has 38 heavy (non-hydrogen) atoms. The van der Waals surface area contributed by atoms with E-state index < -0.39 is 12.1 Å². The van der Waals surface area contributed by atoms with E-state index >= 15 is 0 Å². The molecule has 0 saturated heterocycles. The number of phenols is 1. The molecule has 0 aliphatic heterocycles. The van der Waals surface area contributed by atoms with Gasteiger partial charge in [-0.2, -0.15) is 0 Å². The van der Waals surface area contributed by atoms with Crippen molar-refractivity contribution in [2.75, 3.05) is 11.9 Å². The summed E-state index contributed by atoms with van der Waals surface area (Å²) in [5.74, 6) is -0.113. The molecule has 0 bridgehead atoms. The minimum absolute atomic E-state index is 0.0171. The van der Waals surface area contributed by atoms with Gasteiger partial charge in [-0.25, -0.2) is 4.79 Å². The minimum Gasteiger partial charge on any atom is -0.506 e. The van der Waals surface area contributed by atoms with Gasteiger partial charge in [0.15, 0.2) is 0 Å². The molecule has 3 aromatic rings. The van der Waals surface area contributed by atoms with Gasteiger partial charge in [-0.3, -0.25) is 4.79 Å². The number of hydrogen-bond donors (Lipinski definition) is 6. The number of anilines is 1. The maximum Gasteiger partial charge on any atom is 0.316 e. The van der Waals surface area contributed by atoms with Crippen molar-refractivity contribution in [3.05, 3.63) is 94.5 Å². The SMILES string of the molecule is CC(C)(Cc1cccc(CC(=O)NC2CCc3ccccc32)c1)NC[C@@H](O)c1ccc(O)c(NC(N)=O)c1. The first kappa shape index (κ1) is 27.2. The number of hydrogen-bond acceptors (Lipinski definition) is 5. The summed E-state index contributed by atoms with van der Waals surface area (Å²) in [5.41, 5.74) is 10.1. The number of phenolic OH excluding ortho intramolecular Hbond substituents is 1. The highest BCUT2D eigenvalue weighted by molar-refractivity contribution is 5.89. The number of nitrogens with one attached hydrogen (secondary N) is 3. The van der Waals surface area contributed by atoms with Crippen LogP contribution in [0.25, 0.3) is 0 Å². The molecule has 8 nitrogen and oxygen atoms in total. The highest BCUT2D eigenvalue weighted by atomic mass is 16.3. The summed E-state index contributed by atoms with van der Waals surface area (Å²) in [5, 5.41) is 29.5. The van der Waals surface area contributed by atoms with Gasteiger partial charge in [-0.15, -0.1) is 0 Å². The average Bonchev–Trinajstić information content (AvgIpc) is 3.26. The van der Waals surface area contributed by atoms with Gasteiger partial charge in [-0.05, 0) is 73.1 Å². The molecular formula is C30H36N4O4. The van der Waals surface area contributed by atoms with Crippen LogP contribution in [0.3, 0.4) is 0 Å². The minimum atomic E-state index is -0.862. The molecule has 1 unspecified atom stereocenters. The van der Waals surface area contributed by atoms with E-state index in [0.717, 1.165) is 24.0 Å². The van der Waals surface area contributed by atoms with Crippen LogP contribution >= 0.6 is 0 Å². The summed E-state index contributed by atoms with van der Waals surface area (Å²) in [6.07, 6.45) is 2.07. The molecule has 0 heterocycles. The first-order valence-corrected chi connectivity index (χ1v) is 12.9. The fourth-order valence-corrected chi connectivity index (χ4v) is 5.04. The van der Waals surface area contributed by atoms with Gasteiger partial charge in [0.1, 0.15) is 5.75 Å². The molecule has 200 valence electrons. The third kappa shape index (κ3) is 7.12. The first-order valence-electron chi connectivity index (χ1n) is 12.9. The van der Waals surface area contributed by atoms with E-state index in [1.54, 1.807) is 6.07 Å². The van der Waals surface area contributed by atoms with Crippen molar-refractivity contribution < 1.29 is 19.8 Å². The van der Waals surface area contributed by atoms with Crippen LogP contribution in [0.5, 0.6) is 5.75 Å². The molecule has 0 fully saturated rings. The second kappa shape index (κ2) is 11.7. The maximum absolute atomic E-state index is 12.8. The number of amides is 3. The number of aliphatic hydroxyl groups excluding tert-OH is 1. The Bertz CT molecular complexity index is 1310. The van der Waals surface area contributed by atoms with Crippen molar-refractivity contribution in [1.29, 1.82) is 0 Å². The molecule has 1 aliphatic carbocycles. The van der Waals surface area contributed by atoms with Crippen LogP contribution in [0.15, 0.2) is 66.7 Å². The van der Waals surface area contributed by atoms with Crippen molar-refractivity contribution >= 4 is 17.6 Å². The van der Waals surface area contributed by atoms with Crippen LogP contribution in [0.1, 0.15) is 60.2 Å². The lowest BCUT2D eigenvalue weighted by molar-refractivity contribution is -0.121. The zero-order valence-corrected chi connectivity index (χ0v) is 21.8. The number of carbonyl (C=O) groups excluding carboxylic acids is 2. The van der Waals surface area contributed by atoms with Gasteiger partial charge in [0.25, 0.3) is 0 Å². The molecule has 2 atom stereocenters. The van der Waals surface area contributed by atoms with E-state index in [-0.39, 0.29) is 35.5 Å². The first-order chi connectivity index (χ1) is 18.1. The van der Waals surface area contributed by atoms with E-state index in [2.05, 4.69) is 34.1 Å². The Labute approximate surface area is 223 Å². The van der Waals surface area contributed by atoms with Gasteiger partial charge in [0.05, 0.1) is 24.3 Å². The number of benzene rings is 3. The van der Waals surface area contributed by atoms with Gasteiger partial charge < -0.3 is 31.9 Å². The third-order valence-electron chi connectivity index (χ3n) is 6.91. The molecule has 0 aromatic heterocycles. The summed E-state index contributed by atoms with van der Waals surface area (Å²) in [6.45, 7) is 4.36. The highest BCUT2D eigenvalue weighted by Gasteiger charge is 2.24. The fraction of sp³-hybridized carbons (Fsp3) is 0.333. The number of urea groups is 1. The van der Waals surface area contributed by atoms with Crippen molar-refractivity contribution in [3.8, 4) is 5.75 Å². The lowest BCUT2D eigenvalue weighted by Crippen LogP contribution is -2.43. The molecule has 7 N–H and O–H groups in total. The third-order valence-corrected chi connectivity index (χ3v) is 6.91.